The van der Waals surface area contributed by atoms with Crippen molar-refractivity contribution in [3.8, 4) is 5.75 Å². The third-order valence-corrected chi connectivity index (χ3v) is 10.1. The summed E-state index contributed by atoms with van der Waals surface area (Å²) in [4.78, 5) is 4.25. The molecule has 1 unspecified atom stereocenters. The molecule has 1 N–H and O–H groups in total. The molecule has 0 bridgehead atoms. The van der Waals surface area contributed by atoms with Crippen molar-refractivity contribution in [2.45, 2.75) is 47.8 Å². The number of nitrogens with one attached hydrogen (secondary N) is 1. The summed E-state index contributed by atoms with van der Waals surface area (Å²) in [5.41, 5.74) is 3.04. The van der Waals surface area contributed by atoms with E-state index in [9.17, 15) is 12.8 Å². The second kappa shape index (κ2) is 10.3. The predicted octanol–water partition coefficient (Wildman–Crippen LogP) is 5.26. The summed E-state index contributed by atoms with van der Waals surface area (Å²) in [7, 11) is -3.25. The van der Waals surface area contributed by atoms with Crippen LogP contribution in [0.3, 0.4) is 0 Å². The van der Waals surface area contributed by atoms with Crippen molar-refractivity contribution in [1.29, 1.82) is 0 Å². The van der Waals surface area contributed by atoms with E-state index in [0.29, 0.717) is 17.2 Å². The number of halogens is 2. The summed E-state index contributed by atoms with van der Waals surface area (Å²) in [6, 6.07) is 14.6. The fourth-order valence-corrected chi connectivity index (χ4v) is 7.47. The van der Waals surface area contributed by atoms with Crippen LogP contribution in [0.25, 0.3) is 0 Å². The van der Waals surface area contributed by atoms with Gasteiger partial charge in [-0.2, -0.15) is 4.39 Å². The number of benzene rings is 1. The van der Waals surface area contributed by atoms with E-state index in [1.807, 2.05) is 12.1 Å². The SMILES string of the molecule is Cl.O=S(=O)(CCCOc1ccc2c(c1)C(C1(c3cccc(F)n3)CCC1)NCC2)c1cccs1. The number of pyridine rings is 1. The first-order chi connectivity index (χ1) is 16.0. The summed E-state index contributed by atoms with van der Waals surface area (Å²) in [6.07, 6.45) is 4.38. The topological polar surface area (TPSA) is 68.3 Å². The van der Waals surface area contributed by atoms with Gasteiger partial charge in [0, 0.05) is 11.5 Å². The Bertz CT molecular complexity index is 1230. The Labute approximate surface area is 210 Å². The largest absolute Gasteiger partial charge is 0.494 e. The maximum atomic E-state index is 13.9. The zero-order valence-corrected chi connectivity index (χ0v) is 21.2. The van der Waals surface area contributed by atoms with Crippen LogP contribution in [0.2, 0.25) is 0 Å². The van der Waals surface area contributed by atoms with Crippen LogP contribution < -0.4 is 10.1 Å². The minimum Gasteiger partial charge on any atom is -0.494 e. The van der Waals surface area contributed by atoms with E-state index >= 15 is 0 Å². The number of hydrogen-bond donors (Lipinski definition) is 1. The highest BCUT2D eigenvalue weighted by atomic mass is 35.5. The lowest BCUT2D eigenvalue weighted by molar-refractivity contribution is 0.157. The Morgan fingerprint density at radius 3 is 2.74 bits per heavy atom. The van der Waals surface area contributed by atoms with Gasteiger partial charge in [0.15, 0.2) is 9.84 Å². The van der Waals surface area contributed by atoms with Gasteiger partial charge in [0.25, 0.3) is 0 Å². The molecule has 0 amide bonds. The number of hydrogen-bond acceptors (Lipinski definition) is 6. The highest BCUT2D eigenvalue weighted by Gasteiger charge is 2.48. The third-order valence-electron chi connectivity index (χ3n) is 6.82. The van der Waals surface area contributed by atoms with Crippen LogP contribution in [-0.4, -0.2) is 32.3 Å². The molecule has 5 nitrogen and oxygen atoms in total. The van der Waals surface area contributed by atoms with E-state index in [2.05, 4.69) is 22.4 Å². The van der Waals surface area contributed by atoms with Crippen molar-refractivity contribution >= 4 is 33.6 Å². The van der Waals surface area contributed by atoms with Crippen LogP contribution in [0, 0.1) is 5.95 Å². The molecule has 1 aliphatic heterocycles. The van der Waals surface area contributed by atoms with Crippen LogP contribution in [0.1, 0.15) is 48.5 Å². The Kier molecular flexibility index (Phi) is 7.62. The Hall–Kier alpha value is -2.00. The zero-order valence-electron chi connectivity index (χ0n) is 18.7. The van der Waals surface area contributed by atoms with Gasteiger partial charge in [-0.1, -0.05) is 24.6 Å². The summed E-state index contributed by atoms with van der Waals surface area (Å²) in [6.45, 7) is 1.20. The zero-order chi connectivity index (χ0) is 22.9. The molecule has 9 heteroatoms. The number of aromatic nitrogens is 1. The first-order valence-electron chi connectivity index (χ1n) is 11.4. The van der Waals surface area contributed by atoms with Gasteiger partial charge < -0.3 is 10.1 Å². The van der Waals surface area contributed by atoms with Crippen LogP contribution in [0.15, 0.2) is 58.1 Å². The van der Waals surface area contributed by atoms with E-state index in [0.717, 1.165) is 43.7 Å². The average molecular weight is 523 g/mol. The van der Waals surface area contributed by atoms with E-state index in [-0.39, 0.29) is 29.6 Å². The molecule has 1 fully saturated rings. The minimum absolute atomic E-state index is 0. The fourth-order valence-electron chi connectivity index (χ4n) is 5.03. The number of rotatable bonds is 8. The molecule has 1 aromatic carbocycles. The first-order valence-corrected chi connectivity index (χ1v) is 13.9. The molecule has 0 radical (unpaired) electrons. The van der Waals surface area contributed by atoms with E-state index in [1.165, 1.54) is 28.5 Å². The summed E-state index contributed by atoms with van der Waals surface area (Å²) < 4.78 is 45.0. The molecule has 3 aromatic rings. The predicted molar refractivity (Wildman–Crippen MR) is 134 cm³/mol. The van der Waals surface area contributed by atoms with Crippen LogP contribution in [0.5, 0.6) is 5.75 Å². The lowest BCUT2D eigenvalue weighted by Crippen LogP contribution is -2.49. The second-order valence-electron chi connectivity index (χ2n) is 8.81. The van der Waals surface area contributed by atoms with Crippen molar-refractivity contribution in [1.82, 2.24) is 10.3 Å². The molecule has 0 spiro atoms. The van der Waals surface area contributed by atoms with Crippen molar-refractivity contribution < 1.29 is 17.5 Å². The van der Waals surface area contributed by atoms with Crippen molar-refractivity contribution in [2.75, 3.05) is 18.9 Å². The molecule has 2 aromatic heterocycles. The van der Waals surface area contributed by atoms with Gasteiger partial charge in [0.05, 0.1) is 18.1 Å². The molecule has 1 atom stereocenters. The van der Waals surface area contributed by atoms with Gasteiger partial charge in [0.2, 0.25) is 5.95 Å². The van der Waals surface area contributed by atoms with Crippen molar-refractivity contribution in [2.24, 2.45) is 0 Å². The maximum absolute atomic E-state index is 13.9. The lowest BCUT2D eigenvalue weighted by atomic mass is 9.59. The Morgan fingerprint density at radius 1 is 1.18 bits per heavy atom. The van der Waals surface area contributed by atoms with Crippen LogP contribution in [0.4, 0.5) is 4.39 Å². The molecule has 1 aliphatic carbocycles. The van der Waals surface area contributed by atoms with E-state index in [4.69, 9.17) is 4.74 Å². The molecular formula is C25H28ClFN2O3S2. The van der Waals surface area contributed by atoms with Gasteiger partial charge in [-0.25, -0.2) is 13.4 Å². The molecule has 0 saturated heterocycles. The molecule has 2 aliphatic rings. The normalized spacial score (nSPS) is 18.9. The van der Waals surface area contributed by atoms with Crippen LogP contribution in [-0.2, 0) is 21.7 Å². The molecule has 5 rings (SSSR count). The average Bonchev–Trinajstić information content (AvgIpc) is 3.32. The van der Waals surface area contributed by atoms with Gasteiger partial charge in [-0.3, -0.25) is 0 Å². The number of ether oxygens (including phenoxy) is 1. The van der Waals surface area contributed by atoms with Crippen molar-refractivity contribution in [3.63, 3.8) is 0 Å². The van der Waals surface area contributed by atoms with Crippen molar-refractivity contribution in [3.05, 3.63) is 76.7 Å². The maximum Gasteiger partial charge on any atom is 0.213 e. The summed E-state index contributed by atoms with van der Waals surface area (Å²) in [5, 5.41) is 5.44. The smallest absolute Gasteiger partial charge is 0.213 e. The van der Waals surface area contributed by atoms with Gasteiger partial charge in [-0.15, -0.1) is 23.7 Å². The highest BCUT2D eigenvalue weighted by Crippen LogP contribution is 2.53. The number of thiophene rings is 1. The Morgan fingerprint density at radius 2 is 2.03 bits per heavy atom. The molecular weight excluding hydrogens is 495 g/mol. The van der Waals surface area contributed by atoms with Gasteiger partial charge in [0.1, 0.15) is 9.96 Å². The molecule has 1 saturated carbocycles. The third kappa shape index (κ3) is 4.87. The Balaban J connectivity index is 0.00000274. The molecule has 3 heterocycles. The number of nitrogens with zero attached hydrogens (tertiary/aromatic N) is 1. The molecule has 34 heavy (non-hydrogen) atoms. The standard InChI is InChI=1S/C25H27FN2O3S2.ClH/c26-22-6-1-5-21(28-22)25(11-3-12-25)24-20-17-19(9-8-18(20)10-13-27-24)31-14-4-16-33(29,30)23-7-2-15-32-23;/h1-2,5-9,15,17,24,27H,3-4,10-14,16H2;1H. The minimum atomic E-state index is -3.25. The quantitative estimate of drug-likeness (QED) is 0.323. The highest BCUT2D eigenvalue weighted by molar-refractivity contribution is 7.93. The molecule has 182 valence electrons. The van der Waals surface area contributed by atoms with Crippen LogP contribution >= 0.6 is 23.7 Å². The summed E-state index contributed by atoms with van der Waals surface area (Å²) in [5.74, 6) is 0.360. The second-order valence-corrected chi connectivity index (χ2v) is 12.1. The van der Waals surface area contributed by atoms with E-state index < -0.39 is 15.8 Å². The first kappa shape index (κ1) is 25.1. The van der Waals surface area contributed by atoms with E-state index in [1.54, 1.807) is 23.6 Å². The lowest BCUT2D eigenvalue weighted by Gasteiger charge is -2.49. The monoisotopic (exact) mass is 522 g/mol. The summed E-state index contributed by atoms with van der Waals surface area (Å²) >= 11 is 1.24. The van der Waals surface area contributed by atoms with Gasteiger partial charge in [-0.05, 0) is 79.1 Å². The number of fused-ring (bicyclic) bond motifs is 1. The number of sulfone groups is 1. The van der Waals surface area contributed by atoms with Gasteiger partial charge >= 0.3 is 0 Å². The fraction of sp³-hybridized carbons (Fsp3) is 0.400.